The molecule has 0 bridgehead atoms. The van der Waals surface area contributed by atoms with Gasteiger partial charge >= 0.3 is 0 Å². The van der Waals surface area contributed by atoms with E-state index in [9.17, 15) is 4.79 Å². The first kappa shape index (κ1) is 11.5. The molecule has 0 aromatic carbocycles. The molecule has 14 heavy (non-hydrogen) atoms. The summed E-state index contributed by atoms with van der Waals surface area (Å²) in [6.07, 6.45) is 0. The highest BCUT2D eigenvalue weighted by molar-refractivity contribution is 9.10. The van der Waals surface area contributed by atoms with Gasteiger partial charge in [-0.1, -0.05) is 13.8 Å². The third kappa shape index (κ3) is 2.48. The Morgan fingerprint density at radius 2 is 2.21 bits per heavy atom. The van der Waals surface area contributed by atoms with Gasteiger partial charge in [0.2, 0.25) is 0 Å². The summed E-state index contributed by atoms with van der Waals surface area (Å²) in [6.45, 7) is 5.25. The number of halogens is 1. The molecule has 0 amide bonds. The summed E-state index contributed by atoms with van der Waals surface area (Å²) in [5.74, 6) is 0.439. The molecular formula is C9H15BrN2O2. The van der Waals surface area contributed by atoms with Crippen molar-refractivity contribution >= 4 is 15.9 Å². The molecule has 80 valence electrons. The van der Waals surface area contributed by atoms with Gasteiger partial charge in [0.05, 0.1) is 12.3 Å². The maximum atomic E-state index is 11.6. The first-order chi connectivity index (χ1) is 6.56. The maximum Gasteiger partial charge on any atom is 0.281 e. The zero-order chi connectivity index (χ0) is 10.7. The van der Waals surface area contributed by atoms with Crippen molar-refractivity contribution in [2.75, 3.05) is 7.11 Å². The quantitative estimate of drug-likeness (QED) is 0.899. The fraction of sp³-hybridized carbons (Fsp3) is 0.667. The van der Waals surface area contributed by atoms with Crippen molar-refractivity contribution in [3.05, 3.63) is 20.5 Å². The van der Waals surface area contributed by atoms with Crippen LogP contribution in [-0.2, 0) is 17.9 Å². The Hall–Kier alpha value is -0.550. The van der Waals surface area contributed by atoms with Gasteiger partial charge in [0.15, 0.2) is 0 Å². The molecule has 4 nitrogen and oxygen atoms in total. The predicted octanol–water partition coefficient (Wildman–Crippen LogP) is 1.74. The second kappa shape index (κ2) is 4.79. The zero-order valence-electron chi connectivity index (χ0n) is 8.63. The summed E-state index contributed by atoms with van der Waals surface area (Å²) in [6, 6.07) is 0. The van der Waals surface area contributed by atoms with E-state index in [4.69, 9.17) is 4.74 Å². The Balaban J connectivity index is 2.96. The molecule has 0 unspecified atom stereocenters. The Labute approximate surface area is 91.4 Å². The number of aromatic amines is 1. The molecule has 0 radical (unpaired) electrons. The van der Waals surface area contributed by atoms with Crippen LogP contribution in [0, 0.1) is 5.92 Å². The van der Waals surface area contributed by atoms with E-state index >= 15 is 0 Å². The third-order valence-electron chi connectivity index (χ3n) is 1.80. The van der Waals surface area contributed by atoms with Crippen molar-refractivity contribution in [1.29, 1.82) is 0 Å². The van der Waals surface area contributed by atoms with Gasteiger partial charge < -0.3 is 4.74 Å². The smallest absolute Gasteiger partial charge is 0.281 e. The number of ether oxygens (including phenoxy) is 1. The summed E-state index contributed by atoms with van der Waals surface area (Å²) in [7, 11) is 1.60. The van der Waals surface area contributed by atoms with Gasteiger partial charge in [-0.3, -0.25) is 14.6 Å². The summed E-state index contributed by atoms with van der Waals surface area (Å²) in [5, 5.41) is 3.01. The minimum Gasteiger partial charge on any atom is -0.378 e. The van der Waals surface area contributed by atoms with Gasteiger partial charge in [-0.15, -0.1) is 0 Å². The van der Waals surface area contributed by atoms with Crippen molar-refractivity contribution in [3.63, 3.8) is 0 Å². The summed E-state index contributed by atoms with van der Waals surface area (Å²) >= 11 is 3.25. The summed E-state index contributed by atoms with van der Waals surface area (Å²) in [4.78, 5) is 11.6. The number of hydrogen-bond donors (Lipinski definition) is 1. The molecular weight excluding hydrogens is 248 g/mol. The first-order valence-corrected chi connectivity index (χ1v) is 5.31. The van der Waals surface area contributed by atoms with Crippen molar-refractivity contribution in [2.24, 2.45) is 5.92 Å². The molecule has 1 rings (SSSR count). The molecule has 1 aromatic heterocycles. The summed E-state index contributed by atoms with van der Waals surface area (Å²) < 4.78 is 7.14. The molecule has 0 saturated heterocycles. The van der Waals surface area contributed by atoms with Crippen LogP contribution in [0.5, 0.6) is 0 Å². The van der Waals surface area contributed by atoms with Crippen LogP contribution in [-0.4, -0.2) is 16.9 Å². The van der Waals surface area contributed by atoms with Gasteiger partial charge in [-0.05, 0) is 21.8 Å². The van der Waals surface area contributed by atoms with E-state index in [2.05, 4.69) is 34.9 Å². The molecule has 0 aliphatic heterocycles. The van der Waals surface area contributed by atoms with Crippen molar-refractivity contribution in [3.8, 4) is 0 Å². The van der Waals surface area contributed by atoms with E-state index in [0.717, 1.165) is 5.69 Å². The van der Waals surface area contributed by atoms with Crippen molar-refractivity contribution < 1.29 is 4.74 Å². The van der Waals surface area contributed by atoms with Crippen LogP contribution in [0.2, 0.25) is 0 Å². The van der Waals surface area contributed by atoms with Gasteiger partial charge in [0.25, 0.3) is 5.56 Å². The van der Waals surface area contributed by atoms with Gasteiger partial charge in [0.1, 0.15) is 4.47 Å². The Morgan fingerprint density at radius 3 is 2.71 bits per heavy atom. The highest BCUT2D eigenvalue weighted by Crippen LogP contribution is 2.11. The van der Waals surface area contributed by atoms with Crippen LogP contribution in [0.25, 0.3) is 0 Å². The van der Waals surface area contributed by atoms with Gasteiger partial charge in [0, 0.05) is 13.7 Å². The largest absolute Gasteiger partial charge is 0.378 e. The number of nitrogens with one attached hydrogen (secondary N) is 1. The monoisotopic (exact) mass is 262 g/mol. The normalized spacial score (nSPS) is 11.2. The molecule has 5 heteroatoms. The Morgan fingerprint density at radius 1 is 1.57 bits per heavy atom. The topological polar surface area (TPSA) is 47.0 Å². The van der Waals surface area contributed by atoms with Gasteiger partial charge in [-0.2, -0.15) is 0 Å². The average molecular weight is 263 g/mol. The molecule has 0 saturated carbocycles. The fourth-order valence-electron chi connectivity index (χ4n) is 1.24. The van der Waals surface area contributed by atoms with Crippen LogP contribution in [0.15, 0.2) is 9.27 Å². The number of H-pyrrole nitrogens is 1. The molecule has 0 fully saturated rings. The van der Waals surface area contributed by atoms with E-state index in [-0.39, 0.29) is 5.56 Å². The number of aromatic nitrogens is 2. The first-order valence-electron chi connectivity index (χ1n) is 4.52. The van der Waals surface area contributed by atoms with Crippen LogP contribution >= 0.6 is 15.9 Å². The lowest BCUT2D eigenvalue weighted by Crippen LogP contribution is -2.19. The molecule has 1 aromatic rings. The summed E-state index contributed by atoms with van der Waals surface area (Å²) in [5.41, 5.74) is 0.768. The average Bonchev–Trinajstić information content (AvgIpc) is 2.34. The highest BCUT2D eigenvalue weighted by Gasteiger charge is 2.11. The van der Waals surface area contributed by atoms with Crippen LogP contribution in [0.1, 0.15) is 19.5 Å². The number of rotatable bonds is 4. The van der Waals surface area contributed by atoms with Crippen LogP contribution in [0.3, 0.4) is 0 Å². The zero-order valence-corrected chi connectivity index (χ0v) is 10.2. The standard InChI is InChI=1S/C9H15BrN2O2/c1-6(2)4-12-9(13)8(10)7(11-12)5-14-3/h6,11H,4-5H2,1-3H3. The lowest BCUT2D eigenvalue weighted by atomic mass is 10.2. The molecule has 0 atom stereocenters. The number of methoxy groups -OCH3 is 1. The highest BCUT2D eigenvalue weighted by atomic mass is 79.9. The molecule has 0 aliphatic rings. The minimum atomic E-state index is -0.0225. The van der Waals surface area contributed by atoms with E-state index in [1.807, 2.05) is 0 Å². The molecule has 0 spiro atoms. The maximum absolute atomic E-state index is 11.6. The van der Waals surface area contributed by atoms with Gasteiger partial charge in [-0.25, -0.2) is 0 Å². The molecule has 1 N–H and O–H groups in total. The van der Waals surface area contributed by atoms with Crippen LogP contribution < -0.4 is 5.56 Å². The van der Waals surface area contributed by atoms with E-state index in [1.165, 1.54) is 0 Å². The van der Waals surface area contributed by atoms with E-state index < -0.39 is 0 Å². The third-order valence-corrected chi connectivity index (χ3v) is 2.62. The predicted molar refractivity (Wildman–Crippen MR) is 58.3 cm³/mol. The van der Waals surface area contributed by atoms with E-state index in [1.54, 1.807) is 11.8 Å². The Bertz CT molecular complexity index is 354. The lowest BCUT2D eigenvalue weighted by molar-refractivity contribution is 0.180. The fourth-order valence-corrected chi connectivity index (χ4v) is 1.66. The van der Waals surface area contributed by atoms with E-state index in [0.29, 0.717) is 23.5 Å². The second-order valence-electron chi connectivity index (χ2n) is 3.65. The van der Waals surface area contributed by atoms with Crippen LogP contribution in [0.4, 0.5) is 0 Å². The SMILES string of the molecule is COCc1[nH]n(CC(C)C)c(=O)c1Br. The second-order valence-corrected chi connectivity index (χ2v) is 4.44. The number of nitrogens with zero attached hydrogens (tertiary/aromatic N) is 1. The number of hydrogen-bond acceptors (Lipinski definition) is 2. The van der Waals surface area contributed by atoms with Crippen molar-refractivity contribution in [2.45, 2.75) is 27.0 Å². The van der Waals surface area contributed by atoms with Crippen molar-refractivity contribution in [1.82, 2.24) is 9.78 Å². The Kier molecular flexibility index (Phi) is 3.95. The lowest BCUT2D eigenvalue weighted by Gasteiger charge is -2.04. The molecule has 0 aliphatic carbocycles. The minimum absolute atomic E-state index is 0.0225. The molecule has 1 heterocycles.